The predicted octanol–water partition coefficient (Wildman–Crippen LogP) is 18.2. The van der Waals surface area contributed by atoms with Crippen LogP contribution in [0.15, 0.2) is 303 Å². The number of hydrogen-bond acceptors (Lipinski definition) is 0. The normalized spacial score (nSPS) is 10.8. The Labute approximate surface area is 509 Å². The predicted molar refractivity (Wildman–Crippen MR) is 347 cm³/mol. The summed E-state index contributed by atoms with van der Waals surface area (Å²) in [6, 6.07) is 108. The first-order valence-electron chi connectivity index (χ1n) is 26.8. The van der Waals surface area contributed by atoms with E-state index in [9.17, 15) is 0 Å². The van der Waals surface area contributed by atoms with E-state index >= 15 is 0 Å². The van der Waals surface area contributed by atoms with Crippen LogP contribution in [-0.4, -0.2) is 5.90 Å². The van der Waals surface area contributed by atoms with Gasteiger partial charge in [0.2, 0.25) is 0 Å². The molecule has 0 bridgehead atoms. The van der Waals surface area contributed by atoms with Crippen LogP contribution in [0.5, 0.6) is 0 Å². The molecule has 0 aromatic heterocycles. The van der Waals surface area contributed by atoms with Crippen molar-refractivity contribution in [2.45, 2.75) is 0 Å². The minimum atomic E-state index is -0.847. The average molecular weight is 1440 g/mol. The molecule has 0 saturated heterocycles. The van der Waals surface area contributed by atoms with Gasteiger partial charge in [-0.15, -0.1) is 23.3 Å². The third-order valence-electron chi connectivity index (χ3n) is 15.0. The van der Waals surface area contributed by atoms with E-state index in [0.717, 1.165) is 21.9 Å². The van der Waals surface area contributed by atoms with Crippen LogP contribution in [0.1, 0.15) is 11.1 Å². The Morgan fingerprint density at radius 3 is 0.741 bits per heavy atom. The summed E-state index contributed by atoms with van der Waals surface area (Å²) in [6.45, 7) is 0. The van der Waals surface area contributed by atoms with Crippen molar-refractivity contribution in [3.05, 3.63) is 327 Å². The summed E-state index contributed by atoms with van der Waals surface area (Å²) in [5.74, 6) is 6.49. The van der Waals surface area contributed by atoms with Gasteiger partial charge in [-0.05, 0) is 137 Å². The van der Waals surface area contributed by atoms with Crippen LogP contribution in [0.4, 0.5) is 0 Å². The first-order chi connectivity index (χ1) is 39.1. The molecule has 14 rings (SSSR count). The van der Waals surface area contributed by atoms with Gasteiger partial charge in [0.15, 0.2) is 5.90 Å². The Morgan fingerprint density at radius 2 is 0.457 bits per heavy atom. The summed E-state index contributed by atoms with van der Waals surface area (Å²) in [5.41, 5.74) is 6.60. The zero-order valence-electron chi connectivity index (χ0n) is 44.2. The number of fused-ring (bicyclic) bond motifs is 10. The molecule has 81 heavy (non-hydrogen) atoms. The van der Waals surface area contributed by atoms with Gasteiger partial charge in [0.1, 0.15) is 37.1 Å². The molecule has 0 amide bonds. The Kier molecular flexibility index (Phi) is 18.5. The maximum atomic E-state index is 7.74. The molecule has 14 aromatic carbocycles. The number of rotatable bonds is 8. The van der Waals surface area contributed by atoms with Gasteiger partial charge < -0.3 is 12.8 Å². The molecule has 0 saturated carbocycles. The fourth-order valence-electron chi connectivity index (χ4n) is 11.3. The zero-order valence-corrected chi connectivity index (χ0v) is 50.5. The van der Waals surface area contributed by atoms with Crippen molar-refractivity contribution >= 4 is 102 Å². The van der Waals surface area contributed by atoms with E-state index in [1.165, 1.54) is 103 Å². The summed E-state index contributed by atoms with van der Waals surface area (Å²) < 4.78 is 0. The summed E-state index contributed by atoms with van der Waals surface area (Å²) in [4.78, 5) is 0. The average Bonchev–Trinajstić information content (AvgIpc) is 3.73. The van der Waals surface area contributed by atoms with Crippen LogP contribution in [-0.2, 0) is 44.8 Å². The van der Waals surface area contributed by atoms with Gasteiger partial charge in [-0.3, -0.25) is 11.8 Å². The van der Waals surface area contributed by atoms with Crippen LogP contribution in [0.2, 0.25) is 0 Å². The molecule has 392 valence electrons. The van der Waals surface area contributed by atoms with E-state index in [-0.39, 0.29) is 44.8 Å². The van der Waals surface area contributed by atoms with Gasteiger partial charge in [-0.25, -0.2) is 0 Å². The van der Waals surface area contributed by atoms with Crippen molar-refractivity contribution in [1.82, 2.24) is 0 Å². The molecule has 0 fully saturated rings. The van der Waals surface area contributed by atoms with E-state index in [2.05, 4.69) is 291 Å². The molecule has 0 unspecified atom stereocenters. The van der Waals surface area contributed by atoms with Gasteiger partial charge >= 0.3 is 44.8 Å². The molecule has 4 heteroatoms. The minimum absolute atomic E-state index is 0. The van der Waals surface area contributed by atoms with Gasteiger partial charge in [-0.2, -0.15) is 0 Å². The van der Waals surface area contributed by atoms with Crippen LogP contribution in [0, 0.1) is 24.7 Å². The molecule has 0 N–H and O–H groups in total. The maximum absolute atomic E-state index is 7.74. The SMILES string of the molecule is [Au+].[Au+].[C-]#Cc1cc2c3ccccc3c(-c3ccccc3)cc2c2ccccc12.[C-]#Cc1cc2c3ccccc3c(-c3ccccc3)cc2c2ccccc12.c1ccc([PH+](C[PH+](c2ccccc2)c2ccccc2)c2ccccc2)cc1. The Balaban J connectivity index is 0.000000135. The summed E-state index contributed by atoms with van der Waals surface area (Å²) in [6.07, 6.45) is 15.5. The fourth-order valence-corrected chi connectivity index (χ4v) is 19.0. The van der Waals surface area contributed by atoms with Gasteiger partial charge in [0, 0.05) is 0 Å². The topological polar surface area (TPSA) is 0 Å². The molecule has 0 aliphatic carbocycles. The molecule has 0 heterocycles. The smallest absolute Gasteiger partial charge is 0.366 e. The van der Waals surface area contributed by atoms with Crippen molar-refractivity contribution in [1.29, 1.82) is 0 Å². The summed E-state index contributed by atoms with van der Waals surface area (Å²) >= 11 is 0. The second-order valence-electron chi connectivity index (χ2n) is 19.6. The van der Waals surface area contributed by atoms with Gasteiger partial charge in [-0.1, -0.05) is 241 Å². The fraction of sp³-hybridized carbons (Fsp3) is 0.0130. The van der Waals surface area contributed by atoms with Crippen molar-refractivity contribution in [3.8, 4) is 34.1 Å². The van der Waals surface area contributed by atoms with E-state index in [4.69, 9.17) is 12.8 Å². The Bertz CT molecular complexity index is 4150. The molecular formula is C77H54Au2P2+2. The third kappa shape index (κ3) is 12.0. The number of hydrogen-bond donors (Lipinski definition) is 0. The molecule has 0 aliphatic heterocycles. The number of benzene rings is 14. The second-order valence-corrected chi connectivity index (χ2v) is 25.3. The third-order valence-corrected chi connectivity index (χ3v) is 22.0. The zero-order chi connectivity index (χ0) is 53.3. The van der Waals surface area contributed by atoms with Crippen molar-refractivity contribution in [3.63, 3.8) is 0 Å². The van der Waals surface area contributed by atoms with Crippen LogP contribution >= 0.6 is 15.8 Å². The van der Waals surface area contributed by atoms with E-state index in [0.29, 0.717) is 0 Å². The molecule has 0 aliphatic rings. The first kappa shape index (κ1) is 56.4. The van der Waals surface area contributed by atoms with Crippen LogP contribution in [0.3, 0.4) is 0 Å². The van der Waals surface area contributed by atoms with Gasteiger partial charge in [0.25, 0.3) is 0 Å². The van der Waals surface area contributed by atoms with E-state index in [1.807, 2.05) is 24.3 Å². The Hall–Kier alpha value is -7.90. The molecule has 0 atom stereocenters. The maximum Gasteiger partial charge on any atom is 1.00 e. The van der Waals surface area contributed by atoms with E-state index < -0.39 is 15.8 Å². The summed E-state index contributed by atoms with van der Waals surface area (Å²) in [7, 11) is -1.69. The molecule has 0 spiro atoms. The van der Waals surface area contributed by atoms with Crippen molar-refractivity contribution < 1.29 is 44.8 Å². The van der Waals surface area contributed by atoms with Crippen LogP contribution < -0.4 is 21.2 Å². The second kappa shape index (κ2) is 26.6. The monoisotopic (exact) mass is 1430 g/mol. The molecule has 0 nitrogen and oxygen atoms in total. The largest absolute Gasteiger partial charge is 1.00 e. The van der Waals surface area contributed by atoms with Crippen LogP contribution in [0.25, 0.3) is 86.9 Å². The Morgan fingerprint density at radius 1 is 0.235 bits per heavy atom. The minimum Gasteiger partial charge on any atom is -0.366 e. The molecule has 14 aromatic rings. The van der Waals surface area contributed by atoms with E-state index in [1.54, 1.807) is 0 Å². The molecule has 0 radical (unpaired) electrons. The summed E-state index contributed by atoms with van der Waals surface area (Å²) in [5, 5.41) is 20.2. The van der Waals surface area contributed by atoms with Crippen molar-refractivity contribution in [2.24, 2.45) is 0 Å². The standard InChI is InChI=1S/2C26H15.C25H22P2.2Au/c2*1-2-18-16-25-23-15-9-8-14-22(23)24(19-10-4-3-5-11-19)17-26(25)21-13-7-6-12-20(18)21;1-5-13-22(14-6-1)26(23-15-7-2-8-16-23)21-27(24-17-9-3-10-18-24)25-19-11-4-12-20-25;;/h2*3-17H;1-20H,21H2;;/q2*-1;;2*+1/p+2. The molecular weight excluding hydrogens is 1380 g/mol. The van der Waals surface area contributed by atoms with Gasteiger partial charge in [0.05, 0.1) is 0 Å². The van der Waals surface area contributed by atoms with Crippen molar-refractivity contribution in [2.75, 3.05) is 5.90 Å². The first-order valence-corrected chi connectivity index (χ1v) is 30.2. The quantitative estimate of drug-likeness (QED) is 0.0468.